The predicted octanol–water partition coefficient (Wildman–Crippen LogP) is 0.968. The molecule has 1 aliphatic rings. The number of carbonyl (C=O) groups excluding carboxylic acids is 3. The molecule has 0 radical (unpaired) electrons. The molecule has 0 aromatic heterocycles. The molecule has 2 rings (SSSR count). The molecule has 1 aromatic carbocycles. The number of imide groups is 1. The summed E-state index contributed by atoms with van der Waals surface area (Å²) in [5, 5.41) is 4.60. The predicted molar refractivity (Wildman–Crippen MR) is 67.5 cm³/mol. The number of rotatable bonds is 3. The lowest BCUT2D eigenvalue weighted by Crippen LogP contribution is -2.47. The minimum absolute atomic E-state index is 0.105. The highest BCUT2D eigenvalue weighted by atomic mass is 19.2. The largest absolute Gasteiger partial charge is 0.465 e. The van der Waals surface area contributed by atoms with Crippen molar-refractivity contribution in [1.29, 1.82) is 0 Å². The summed E-state index contributed by atoms with van der Waals surface area (Å²) >= 11 is 0. The second-order valence-electron chi connectivity index (χ2n) is 4.43. The first-order valence-electron chi connectivity index (χ1n) is 6.10. The first-order chi connectivity index (χ1) is 9.93. The fraction of sp³-hybridized carbons (Fsp3) is 0.308. The number of esters is 1. The molecule has 112 valence electrons. The van der Waals surface area contributed by atoms with Crippen LogP contribution in [0.3, 0.4) is 0 Å². The Morgan fingerprint density at radius 1 is 1.33 bits per heavy atom. The summed E-state index contributed by atoms with van der Waals surface area (Å²) in [6.45, 7) is 0. The molecule has 8 heteroatoms. The van der Waals surface area contributed by atoms with Gasteiger partial charge < -0.3 is 10.1 Å². The number of amides is 2. The summed E-state index contributed by atoms with van der Waals surface area (Å²) in [5.41, 5.74) is -0.807. The average Bonchev–Trinajstić information content (AvgIpc) is 2.46. The number of piperidine rings is 1. The first-order valence-corrected chi connectivity index (χ1v) is 6.10. The van der Waals surface area contributed by atoms with Gasteiger partial charge in [0.15, 0.2) is 11.6 Å². The number of anilines is 1. The molecule has 1 heterocycles. The Labute approximate surface area is 118 Å². The van der Waals surface area contributed by atoms with E-state index in [0.717, 1.165) is 19.2 Å². The Morgan fingerprint density at radius 2 is 2.05 bits per heavy atom. The fourth-order valence-electron chi connectivity index (χ4n) is 1.95. The molecule has 1 atom stereocenters. The zero-order chi connectivity index (χ0) is 15.6. The SMILES string of the molecule is COC(=O)c1ccc(NC2CCC(=O)NC2=O)c(F)c1F. The first kappa shape index (κ1) is 14.9. The van der Waals surface area contributed by atoms with E-state index in [1.807, 2.05) is 0 Å². The van der Waals surface area contributed by atoms with E-state index in [9.17, 15) is 23.2 Å². The number of ether oxygens (including phenoxy) is 1. The van der Waals surface area contributed by atoms with Crippen LogP contribution >= 0.6 is 0 Å². The van der Waals surface area contributed by atoms with Crippen LogP contribution in [0.4, 0.5) is 14.5 Å². The maximum Gasteiger partial charge on any atom is 0.340 e. The molecule has 1 fully saturated rings. The van der Waals surface area contributed by atoms with Crippen molar-refractivity contribution in [3.8, 4) is 0 Å². The average molecular weight is 298 g/mol. The number of benzene rings is 1. The third kappa shape index (κ3) is 2.99. The Kier molecular flexibility index (Phi) is 4.15. The number of carbonyl (C=O) groups is 3. The smallest absolute Gasteiger partial charge is 0.340 e. The minimum atomic E-state index is -1.36. The highest BCUT2D eigenvalue weighted by Crippen LogP contribution is 2.23. The molecule has 0 bridgehead atoms. The summed E-state index contributed by atoms with van der Waals surface area (Å²) in [6, 6.07) is 1.34. The van der Waals surface area contributed by atoms with Gasteiger partial charge in [0, 0.05) is 6.42 Å². The van der Waals surface area contributed by atoms with Crippen molar-refractivity contribution in [2.24, 2.45) is 0 Å². The van der Waals surface area contributed by atoms with E-state index in [2.05, 4.69) is 15.4 Å². The lowest BCUT2D eigenvalue weighted by molar-refractivity contribution is -0.133. The fourth-order valence-corrected chi connectivity index (χ4v) is 1.95. The van der Waals surface area contributed by atoms with E-state index in [4.69, 9.17) is 0 Å². The number of hydrogen-bond donors (Lipinski definition) is 2. The second kappa shape index (κ2) is 5.86. The monoisotopic (exact) mass is 298 g/mol. The van der Waals surface area contributed by atoms with Gasteiger partial charge in [-0.3, -0.25) is 14.9 Å². The van der Waals surface area contributed by atoms with Gasteiger partial charge >= 0.3 is 5.97 Å². The normalized spacial score (nSPS) is 18.1. The van der Waals surface area contributed by atoms with Crippen LogP contribution in [0.2, 0.25) is 0 Å². The van der Waals surface area contributed by atoms with Gasteiger partial charge in [-0.2, -0.15) is 0 Å². The van der Waals surface area contributed by atoms with Gasteiger partial charge in [-0.05, 0) is 18.6 Å². The lowest BCUT2D eigenvalue weighted by Gasteiger charge is -2.23. The molecule has 1 unspecified atom stereocenters. The molecule has 1 saturated heterocycles. The Hall–Kier alpha value is -2.51. The zero-order valence-electron chi connectivity index (χ0n) is 11.0. The van der Waals surface area contributed by atoms with Crippen molar-refractivity contribution >= 4 is 23.5 Å². The summed E-state index contributed by atoms with van der Waals surface area (Å²) in [7, 11) is 1.05. The minimum Gasteiger partial charge on any atom is -0.465 e. The van der Waals surface area contributed by atoms with E-state index in [1.54, 1.807) is 0 Å². The molecule has 1 aliphatic heterocycles. The van der Waals surface area contributed by atoms with Crippen molar-refractivity contribution in [3.05, 3.63) is 29.3 Å². The maximum atomic E-state index is 13.9. The highest BCUT2D eigenvalue weighted by molar-refractivity contribution is 6.01. The van der Waals surface area contributed by atoms with E-state index in [-0.39, 0.29) is 18.5 Å². The molecule has 2 amide bonds. The molecular weight excluding hydrogens is 286 g/mol. The molecule has 21 heavy (non-hydrogen) atoms. The van der Waals surface area contributed by atoms with Crippen LogP contribution in [-0.4, -0.2) is 30.9 Å². The van der Waals surface area contributed by atoms with Gasteiger partial charge in [-0.15, -0.1) is 0 Å². The van der Waals surface area contributed by atoms with Gasteiger partial charge in [0.05, 0.1) is 18.4 Å². The maximum absolute atomic E-state index is 13.9. The molecule has 1 aromatic rings. The topological polar surface area (TPSA) is 84.5 Å². The zero-order valence-corrected chi connectivity index (χ0v) is 11.0. The van der Waals surface area contributed by atoms with E-state index < -0.39 is 41.0 Å². The van der Waals surface area contributed by atoms with Gasteiger partial charge in [-0.25, -0.2) is 13.6 Å². The standard InChI is InChI=1S/C13H12F2N2O4/c1-21-13(20)6-2-3-7(11(15)10(6)14)16-8-4-5-9(18)17-12(8)19/h2-3,8,16H,4-5H2,1H3,(H,17,18,19). The van der Waals surface area contributed by atoms with Gasteiger partial charge in [0.25, 0.3) is 0 Å². The van der Waals surface area contributed by atoms with Crippen LogP contribution < -0.4 is 10.6 Å². The third-order valence-corrected chi connectivity index (χ3v) is 3.06. The second-order valence-corrected chi connectivity index (χ2v) is 4.43. The van der Waals surface area contributed by atoms with Crippen molar-refractivity contribution in [2.45, 2.75) is 18.9 Å². The molecule has 0 spiro atoms. The van der Waals surface area contributed by atoms with Gasteiger partial charge in [0.2, 0.25) is 11.8 Å². The van der Waals surface area contributed by atoms with Crippen LogP contribution in [-0.2, 0) is 14.3 Å². The van der Waals surface area contributed by atoms with Crippen molar-refractivity contribution in [1.82, 2.24) is 5.32 Å². The van der Waals surface area contributed by atoms with Crippen molar-refractivity contribution in [3.63, 3.8) is 0 Å². The van der Waals surface area contributed by atoms with Crippen molar-refractivity contribution < 1.29 is 27.9 Å². The summed E-state index contributed by atoms with van der Waals surface area (Å²) < 4.78 is 31.9. The third-order valence-electron chi connectivity index (χ3n) is 3.06. The van der Waals surface area contributed by atoms with E-state index in [1.165, 1.54) is 0 Å². The highest BCUT2D eigenvalue weighted by Gasteiger charge is 2.28. The van der Waals surface area contributed by atoms with Gasteiger partial charge in [-0.1, -0.05) is 0 Å². The number of nitrogens with one attached hydrogen (secondary N) is 2. The van der Waals surface area contributed by atoms with Crippen LogP contribution in [0.1, 0.15) is 23.2 Å². The van der Waals surface area contributed by atoms with Gasteiger partial charge in [0.1, 0.15) is 6.04 Å². The number of halogens is 2. The summed E-state index contributed by atoms with van der Waals surface area (Å²) in [5.74, 6) is -4.67. The van der Waals surface area contributed by atoms with Crippen LogP contribution in [0.15, 0.2) is 12.1 Å². The quantitative estimate of drug-likeness (QED) is 0.641. The molecule has 0 saturated carbocycles. The van der Waals surface area contributed by atoms with E-state index >= 15 is 0 Å². The Bertz CT molecular complexity index is 618. The Balaban J connectivity index is 2.22. The van der Waals surface area contributed by atoms with E-state index in [0.29, 0.717) is 0 Å². The molecular formula is C13H12F2N2O4. The van der Waals surface area contributed by atoms with Crippen LogP contribution in [0, 0.1) is 11.6 Å². The molecule has 6 nitrogen and oxygen atoms in total. The van der Waals surface area contributed by atoms with Crippen molar-refractivity contribution in [2.75, 3.05) is 12.4 Å². The number of hydrogen-bond acceptors (Lipinski definition) is 5. The summed E-state index contributed by atoms with van der Waals surface area (Å²) in [6.07, 6.45) is 0.276. The Morgan fingerprint density at radius 3 is 2.67 bits per heavy atom. The molecule has 2 N–H and O–H groups in total. The molecule has 0 aliphatic carbocycles. The van der Waals surface area contributed by atoms with Crippen LogP contribution in [0.25, 0.3) is 0 Å². The van der Waals surface area contributed by atoms with Crippen LogP contribution in [0.5, 0.6) is 0 Å². The summed E-state index contributed by atoms with van der Waals surface area (Å²) in [4.78, 5) is 33.8. The number of methoxy groups -OCH3 is 1. The lowest BCUT2D eigenvalue weighted by atomic mass is 10.1.